The molecule has 1 aromatic rings. The summed E-state index contributed by atoms with van der Waals surface area (Å²) in [6.07, 6.45) is 0. The molecule has 2 aliphatic heterocycles. The van der Waals surface area contributed by atoms with Gasteiger partial charge in [-0.15, -0.1) is 0 Å². The number of urea groups is 1. The number of rotatable bonds is 5. The van der Waals surface area contributed by atoms with Crippen molar-refractivity contribution < 1.29 is 19.2 Å². The van der Waals surface area contributed by atoms with Crippen LogP contribution in [0.15, 0.2) is 30.3 Å². The fraction of sp³-hybridized carbons (Fsp3) is 0.474. The number of amides is 5. The molecule has 2 heterocycles. The largest absolute Gasteiger partial charge is 0.368 e. The molecule has 28 heavy (non-hydrogen) atoms. The molecule has 0 saturated carbocycles. The van der Waals surface area contributed by atoms with Gasteiger partial charge in [-0.1, -0.05) is 30.3 Å². The molecule has 3 rings (SSSR count). The fourth-order valence-corrected chi connectivity index (χ4v) is 3.55. The zero-order chi connectivity index (χ0) is 20.5. The van der Waals surface area contributed by atoms with E-state index in [2.05, 4.69) is 10.2 Å². The molecule has 9 nitrogen and oxygen atoms in total. The molecular weight excluding hydrogens is 362 g/mol. The average Bonchev–Trinajstić information content (AvgIpc) is 2.84. The normalized spacial score (nSPS) is 22.3. The second-order valence-corrected chi connectivity index (χ2v) is 7.67. The highest BCUT2D eigenvalue weighted by molar-refractivity contribution is 6.08. The van der Waals surface area contributed by atoms with Gasteiger partial charge in [0.1, 0.15) is 18.1 Å². The van der Waals surface area contributed by atoms with Crippen molar-refractivity contribution >= 4 is 23.8 Å². The third-order valence-electron chi connectivity index (χ3n) is 5.10. The lowest BCUT2D eigenvalue weighted by atomic mass is 10.1. The maximum absolute atomic E-state index is 12.8. The molecule has 2 aliphatic rings. The smallest absolute Gasteiger partial charge is 0.325 e. The lowest BCUT2D eigenvalue weighted by Gasteiger charge is -2.40. The number of nitrogens with two attached hydrogens (primary N) is 1. The predicted octanol–water partition coefficient (Wildman–Crippen LogP) is -0.485. The molecule has 1 unspecified atom stereocenters. The summed E-state index contributed by atoms with van der Waals surface area (Å²) in [7, 11) is 0. The van der Waals surface area contributed by atoms with Crippen LogP contribution in [0.1, 0.15) is 19.4 Å². The Morgan fingerprint density at radius 3 is 2.43 bits per heavy atom. The van der Waals surface area contributed by atoms with Crippen molar-refractivity contribution in [2.45, 2.75) is 32.0 Å². The van der Waals surface area contributed by atoms with E-state index >= 15 is 0 Å². The van der Waals surface area contributed by atoms with Crippen LogP contribution in [-0.4, -0.2) is 76.2 Å². The molecule has 0 radical (unpaired) electrons. The number of primary amides is 1. The van der Waals surface area contributed by atoms with Gasteiger partial charge in [0.15, 0.2) is 0 Å². The molecule has 5 amide bonds. The Hall–Kier alpha value is -2.94. The second-order valence-electron chi connectivity index (χ2n) is 7.67. The van der Waals surface area contributed by atoms with Gasteiger partial charge in [0.2, 0.25) is 11.8 Å². The molecule has 150 valence electrons. The molecule has 9 heteroatoms. The minimum absolute atomic E-state index is 0.298. The van der Waals surface area contributed by atoms with Crippen molar-refractivity contribution in [1.82, 2.24) is 20.0 Å². The first-order chi connectivity index (χ1) is 13.2. The van der Waals surface area contributed by atoms with E-state index in [1.807, 2.05) is 30.3 Å². The van der Waals surface area contributed by atoms with Gasteiger partial charge in [-0.25, -0.2) is 4.79 Å². The summed E-state index contributed by atoms with van der Waals surface area (Å²) < 4.78 is 0. The first kappa shape index (κ1) is 19.8. The molecule has 2 saturated heterocycles. The van der Waals surface area contributed by atoms with Crippen molar-refractivity contribution in [3.63, 3.8) is 0 Å². The van der Waals surface area contributed by atoms with E-state index in [0.717, 1.165) is 10.5 Å². The monoisotopic (exact) mass is 387 g/mol. The van der Waals surface area contributed by atoms with Crippen molar-refractivity contribution in [3.05, 3.63) is 35.9 Å². The highest BCUT2D eigenvalue weighted by Crippen LogP contribution is 2.18. The number of nitrogens with one attached hydrogen (secondary N) is 1. The number of hydrogen-bond donors (Lipinski definition) is 2. The van der Waals surface area contributed by atoms with Crippen LogP contribution >= 0.6 is 0 Å². The summed E-state index contributed by atoms with van der Waals surface area (Å²) in [6, 6.07) is 8.40. The van der Waals surface area contributed by atoms with E-state index in [-0.39, 0.29) is 0 Å². The van der Waals surface area contributed by atoms with Crippen molar-refractivity contribution in [3.8, 4) is 0 Å². The Balaban J connectivity index is 1.66. The first-order valence-corrected chi connectivity index (χ1v) is 9.18. The molecule has 0 bridgehead atoms. The second kappa shape index (κ2) is 7.59. The topological polar surface area (TPSA) is 116 Å². The highest BCUT2D eigenvalue weighted by atomic mass is 16.2. The SMILES string of the molecule is CC1(C)NC(=O)N(CC(=O)N2CCN(Cc3ccccc3)CC2C(N)=O)C1=O. The Morgan fingerprint density at radius 2 is 1.86 bits per heavy atom. The van der Waals surface area contributed by atoms with Crippen molar-refractivity contribution in [2.24, 2.45) is 5.73 Å². The Bertz CT molecular complexity index is 795. The van der Waals surface area contributed by atoms with Gasteiger partial charge in [-0.2, -0.15) is 0 Å². The third-order valence-corrected chi connectivity index (χ3v) is 5.10. The zero-order valence-electron chi connectivity index (χ0n) is 16.1. The zero-order valence-corrected chi connectivity index (χ0v) is 16.1. The maximum Gasteiger partial charge on any atom is 0.325 e. The molecule has 2 fully saturated rings. The Morgan fingerprint density at radius 1 is 1.18 bits per heavy atom. The molecule has 1 aromatic carbocycles. The number of piperazine rings is 1. The van der Waals surface area contributed by atoms with Crippen LogP contribution in [0.3, 0.4) is 0 Å². The van der Waals surface area contributed by atoms with Gasteiger partial charge in [-0.05, 0) is 19.4 Å². The van der Waals surface area contributed by atoms with Gasteiger partial charge in [0.05, 0.1) is 0 Å². The molecule has 0 aliphatic carbocycles. The number of benzene rings is 1. The summed E-state index contributed by atoms with van der Waals surface area (Å²) in [6.45, 7) is 4.56. The molecule has 1 atom stereocenters. The summed E-state index contributed by atoms with van der Waals surface area (Å²) in [5.74, 6) is -1.54. The minimum Gasteiger partial charge on any atom is -0.368 e. The highest BCUT2D eigenvalue weighted by Gasteiger charge is 2.46. The number of carbonyl (C=O) groups is 4. The summed E-state index contributed by atoms with van der Waals surface area (Å²) in [4.78, 5) is 53.4. The van der Waals surface area contributed by atoms with Gasteiger partial charge in [0.25, 0.3) is 5.91 Å². The Kier molecular flexibility index (Phi) is 5.37. The summed E-state index contributed by atoms with van der Waals surface area (Å²) >= 11 is 0. The average molecular weight is 387 g/mol. The lowest BCUT2D eigenvalue weighted by Crippen LogP contribution is -2.61. The van der Waals surface area contributed by atoms with E-state index in [1.54, 1.807) is 13.8 Å². The number of nitrogens with zero attached hydrogens (tertiary/aromatic N) is 3. The van der Waals surface area contributed by atoms with Crippen LogP contribution < -0.4 is 11.1 Å². The number of imide groups is 1. The molecule has 0 spiro atoms. The van der Waals surface area contributed by atoms with E-state index in [0.29, 0.717) is 26.2 Å². The first-order valence-electron chi connectivity index (χ1n) is 9.18. The van der Waals surface area contributed by atoms with Crippen LogP contribution in [0, 0.1) is 0 Å². The predicted molar refractivity (Wildman–Crippen MR) is 101 cm³/mol. The third kappa shape index (κ3) is 3.99. The number of carbonyl (C=O) groups excluding carboxylic acids is 4. The summed E-state index contributed by atoms with van der Waals surface area (Å²) in [5, 5.41) is 2.54. The van der Waals surface area contributed by atoms with Gasteiger partial charge in [0, 0.05) is 26.2 Å². The molecular formula is C19H25N5O4. The van der Waals surface area contributed by atoms with Gasteiger partial charge < -0.3 is 16.0 Å². The quantitative estimate of drug-likeness (QED) is 0.662. The minimum atomic E-state index is -1.05. The van der Waals surface area contributed by atoms with Crippen LogP contribution in [-0.2, 0) is 20.9 Å². The molecule has 0 aromatic heterocycles. The van der Waals surface area contributed by atoms with E-state index in [1.165, 1.54) is 4.90 Å². The Labute approximate surface area is 163 Å². The van der Waals surface area contributed by atoms with E-state index < -0.39 is 41.9 Å². The van der Waals surface area contributed by atoms with Crippen molar-refractivity contribution in [2.75, 3.05) is 26.2 Å². The van der Waals surface area contributed by atoms with Crippen LogP contribution in [0.2, 0.25) is 0 Å². The molecule has 3 N–H and O–H groups in total. The van der Waals surface area contributed by atoms with E-state index in [4.69, 9.17) is 5.73 Å². The van der Waals surface area contributed by atoms with Gasteiger partial charge >= 0.3 is 6.03 Å². The number of hydrogen-bond acceptors (Lipinski definition) is 5. The van der Waals surface area contributed by atoms with Crippen LogP contribution in [0.4, 0.5) is 4.79 Å². The van der Waals surface area contributed by atoms with Crippen LogP contribution in [0.5, 0.6) is 0 Å². The van der Waals surface area contributed by atoms with E-state index in [9.17, 15) is 19.2 Å². The van der Waals surface area contributed by atoms with Crippen LogP contribution in [0.25, 0.3) is 0 Å². The lowest BCUT2D eigenvalue weighted by molar-refractivity contribution is -0.145. The van der Waals surface area contributed by atoms with Crippen molar-refractivity contribution in [1.29, 1.82) is 0 Å². The maximum atomic E-state index is 12.8. The van der Waals surface area contributed by atoms with Gasteiger partial charge in [-0.3, -0.25) is 24.2 Å². The fourth-order valence-electron chi connectivity index (χ4n) is 3.55. The standard InChI is InChI=1S/C19H25N5O4/c1-19(2)17(27)24(18(28)21-19)12-15(25)23-9-8-22(11-14(23)16(20)26)10-13-6-4-3-5-7-13/h3-7,14H,8-12H2,1-2H3,(H2,20,26)(H,21,28). The summed E-state index contributed by atoms with van der Waals surface area (Å²) in [5.41, 5.74) is 5.59.